The number of piperazine rings is 1. The molecule has 1 aliphatic rings. The Kier molecular flexibility index (Phi) is 5.24. The third-order valence-electron chi connectivity index (χ3n) is 3.49. The van der Waals surface area contributed by atoms with Gasteiger partial charge in [0.25, 0.3) is 0 Å². The number of hydrogen-bond donors (Lipinski definition) is 0. The highest BCUT2D eigenvalue weighted by Crippen LogP contribution is 2.32. The first kappa shape index (κ1) is 17.7. The molecule has 0 spiro atoms. The zero-order chi connectivity index (χ0) is 17.2. The fourth-order valence-electron chi connectivity index (χ4n) is 2.37. The third kappa shape index (κ3) is 4.41. The van der Waals surface area contributed by atoms with Crippen molar-refractivity contribution in [2.45, 2.75) is 26.4 Å². The molecule has 0 aromatic heterocycles. The van der Waals surface area contributed by atoms with Crippen molar-refractivity contribution in [2.24, 2.45) is 0 Å². The first-order valence-corrected chi connectivity index (χ1v) is 7.85. The Morgan fingerprint density at radius 2 is 1.83 bits per heavy atom. The summed E-state index contributed by atoms with van der Waals surface area (Å²) in [4.78, 5) is 15.5. The van der Waals surface area contributed by atoms with Crippen molar-refractivity contribution in [3.63, 3.8) is 0 Å². The minimum Gasteiger partial charge on any atom is -0.495 e. The summed E-state index contributed by atoms with van der Waals surface area (Å²) in [7, 11) is 1.49. The highest BCUT2D eigenvalue weighted by Gasteiger charge is 2.27. The molecule has 23 heavy (non-hydrogen) atoms. The van der Waals surface area contributed by atoms with Gasteiger partial charge in [-0.15, -0.1) is 0 Å². The molecule has 2 rings (SSSR count). The molecule has 0 N–H and O–H groups in total. The van der Waals surface area contributed by atoms with Gasteiger partial charge in [0, 0.05) is 32.2 Å². The van der Waals surface area contributed by atoms with E-state index in [9.17, 15) is 9.18 Å². The zero-order valence-electron chi connectivity index (χ0n) is 13.9. The van der Waals surface area contributed by atoms with Gasteiger partial charge in [0.05, 0.1) is 17.8 Å². The van der Waals surface area contributed by atoms with Gasteiger partial charge in [-0.05, 0) is 26.8 Å². The molecular formula is C16H22ClFN2O3. The Morgan fingerprint density at radius 1 is 1.22 bits per heavy atom. The zero-order valence-corrected chi connectivity index (χ0v) is 14.6. The van der Waals surface area contributed by atoms with Crippen LogP contribution in [0.15, 0.2) is 12.1 Å². The maximum Gasteiger partial charge on any atom is 0.410 e. The van der Waals surface area contributed by atoms with Crippen molar-refractivity contribution in [1.82, 2.24) is 4.90 Å². The average molecular weight is 345 g/mol. The fraction of sp³-hybridized carbons (Fsp3) is 0.562. The Morgan fingerprint density at radius 3 is 2.35 bits per heavy atom. The lowest BCUT2D eigenvalue weighted by atomic mass is 10.2. The molecule has 7 heteroatoms. The fourth-order valence-corrected chi connectivity index (χ4v) is 2.60. The normalized spacial score (nSPS) is 15.6. The monoisotopic (exact) mass is 344 g/mol. The first-order valence-electron chi connectivity index (χ1n) is 7.47. The average Bonchev–Trinajstić information content (AvgIpc) is 2.46. The van der Waals surface area contributed by atoms with Gasteiger partial charge < -0.3 is 19.3 Å². The maximum absolute atomic E-state index is 14.1. The summed E-state index contributed by atoms with van der Waals surface area (Å²) >= 11 is 5.91. The van der Waals surface area contributed by atoms with Gasteiger partial charge in [0.2, 0.25) is 0 Å². The number of anilines is 1. The largest absolute Gasteiger partial charge is 0.495 e. The van der Waals surface area contributed by atoms with Crippen LogP contribution in [-0.4, -0.2) is 49.9 Å². The van der Waals surface area contributed by atoms with Gasteiger partial charge in [-0.3, -0.25) is 0 Å². The molecule has 1 fully saturated rings. The second-order valence-electron chi connectivity index (χ2n) is 6.39. The molecule has 0 unspecified atom stereocenters. The van der Waals surface area contributed by atoms with E-state index in [4.69, 9.17) is 21.1 Å². The Labute approximate surface area is 140 Å². The van der Waals surface area contributed by atoms with Crippen molar-refractivity contribution in [3.8, 4) is 5.75 Å². The summed E-state index contributed by atoms with van der Waals surface area (Å²) < 4.78 is 24.6. The second-order valence-corrected chi connectivity index (χ2v) is 6.80. The first-order chi connectivity index (χ1) is 10.7. The van der Waals surface area contributed by atoms with Gasteiger partial charge in [-0.1, -0.05) is 11.6 Å². The summed E-state index contributed by atoms with van der Waals surface area (Å²) in [5.74, 6) is 0.0270. The van der Waals surface area contributed by atoms with Crippen LogP contribution >= 0.6 is 11.6 Å². The lowest BCUT2D eigenvalue weighted by Gasteiger charge is -2.37. The van der Waals surface area contributed by atoms with Gasteiger partial charge in [0.1, 0.15) is 17.2 Å². The van der Waals surface area contributed by atoms with E-state index in [1.165, 1.54) is 13.2 Å². The van der Waals surface area contributed by atoms with E-state index < -0.39 is 11.4 Å². The van der Waals surface area contributed by atoms with Crippen molar-refractivity contribution < 1.29 is 18.7 Å². The number of amides is 1. The molecule has 0 radical (unpaired) electrons. The van der Waals surface area contributed by atoms with Crippen LogP contribution in [0.1, 0.15) is 20.8 Å². The van der Waals surface area contributed by atoms with E-state index in [2.05, 4.69) is 0 Å². The highest BCUT2D eigenvalue weighted by molar-refractivity contribution is 6.32. The molecule has 1 aromatic carbocycles. The lowest BCUT2D eigenvalue weighted by Crippen LogP contribution is -2.50. The number of rotatable bonds is 2. The number of halogens is 2. The van der Waals surface area contributed by atoms with Crippen molar-refractivity contribution in [1.29, 1.82) is 0 Å². The predicted octanol–water partition coefficient (Wildman–Crippen LogP) is 3.54. The minimum atomic E-state index is -0.524. The smallest absolute Gasteiger partial charge is 0.410 e. The molecule has 0 atom stereocenters. The van der Waals surface area contributed by atoms with E-state index >= 15 is 0 Å². The van der Waals surface area contributed by atoms with Crippen LogP contribution in [-0.2, 0) is 4.74 Å². The van der Waals surface area contributed by atoms with Gasteiger partial charge in [-0.2, -0.15) is 0 Å². The van der Waals surface area contributed by atoms with Crippen LogP contribution in [0, 0.1) is 5.82 Å². The predicted molar refractivity (Wildman–Crippen MR) is 88.0 cm³/mol. The number of carbonyl (C=O) groups excluding carboxylic acids is 1. The quantitative estimate of drug-likeness (QED) is 0.823. The van der Waals surface area contributed by atoms with Crippen LogP contribution < -0.4 is 9.64 Å². The number of carbonyl (C=O) groups is 1. The molecule has 128 valence electrons. The summed E-state index contributed by atoms with van der Waals surface area (Å²) in [6.07, 6.45) is -0.341. The van der Waals surface area contributed by atoms with E-state index in [1.807, 2.05) is 25.7 Å². The van der Waals surface area contributed by atoms with Crippen LogP contribution in [0.4, 0.5) is 14.9 Å². The molecular weight excluding hydrogens is 323 g/mol. The third-order valence-corrected chi connectivity index (χ3v) is 3.79. The van der Waals surface area contributed by atoms with E-state index in [1.54, 1.807) is 11.0 Å². The van der Waals surface area contributed by atoms with Crippen LogP contribution in [0.3, 0.4) is 0 Å². The van der Waals surface area contributed by atoms with Gasteiger partial charge in [0.15, 0.2) is 0 Å². The van der Waals surface area contributed by atoms with Gasteiger partial charge >= 0.3 is 6.09 Å². The van der Waals surface area contributed by atoms with E-state index in [-0.39, 0.29) is 11.1 Å². The number of hydrogen-bond acceptors (Lipinski definition) is 4. The molecule has 1 amide bonds. The molecule has 1 heterocycles. The van der Waals surface area contributed by atoms with Gasteiger partial charge in [-0.25, -0.2) is 9.18 Å². The lowest BCUT2D eigenvalue weighted by molar-refractivity contribution is 0.0240. The Hall–Kier alpha value is -1.69. The van der Waals surface area contributed by atoms with Crippen molar-refractivity contribution >= 4 is 23.4 Å². The minimum absolute atomic E-state index is 0.237. The molecule has 1 aromatic rings. The SMILES string of the molecule is COc1cc(N2CCN(C(=O)OC(C)(C)C)CC2)c(F)cc1Cl. The maximum atomic E-state index is 14.1. The number of ether oxygens (including phenoxy) is 2. The van der Waals surface area contributed by atoms with Crippen LogP contribution in [0.25, 0.3) is 0 Å². The highest BCUT2D eigenvalue weighted by atomic mass is 35.5. The number of methoxy groups -OCH3 is 1. The summed E-state index contributed by atoms with van der Waals surface area (Å²) in [5.41, 5.74) is -0.0979. The second kappa shape index (κ2) is 6.83. The topological polar surface area (TPSA) is 42.0 Å². The molecule has 1 saturated heterocycles. The van der Waals surface area contributed by atoms with E-state index in [0.29, 0.717) is 37.6 Å². The molecule has 0 aliphatic carbocycles. The molecule has 0 bridgehead atoms. The van der Waals surface area contributed by atoms with Crippen LogP contribution in [0.2, 0.25) is 5.02 Å². The molecule has 1 aliphatic heterocycles. The van der Waals surface area contributed by atoms with Crippen molar-refractivity contribution in [2.75, 3.05) is 38.2 Å². The molecule has 5 nitrogen and oxygen atoms in total. The molecule has 0 saturated carbocycles. The number of nitrogens with zero attached hydrogens (tertiary/aromatic N) is 2. The van der Waals surface area contributed by atoms with Crippen LogP contribution in [0.5, 0.6) is 5.75 Å². The number of benzene rings is 1. The summed E-state index contributed by atoms with van der Waals surface area (Å²) in [5, 5.41) is 0.237. The Bertz CT molecular complexity index is 581. The van der Waals surface area contributed by atoms with E-state index in [0.717, 1.165) is 0 Å². The summed E-state index contributed by atoms with van der Waals surface area (Å²) in [6.45, 7) is 7.46. The summed E-state index contributed by atoms with van der Waals surface area (Å²) in [6, 6.07) is 2.83. The van der Waals surface area contributed by atoms with Crippen molar-refractivity contribution in [3.05, 3.63) is 23.0 Å². The standard InChI is InChI=1S/C16H22ClFN2O3/c1-16(2,3)23-15(21)20-7-5-19(6-8-20)13-10-14(22-4)11(17)9-12(13)18/h9-10H,5-8H2,1-4H3. The Balaban J connectivity index is 2.03.